The molecule has 1 atom stereocenters. The van der Waals surface area contributed by atoms with E-state index in [4.69, 9.17) is 44.0 Å². The first kappa shape index (κ1) is 68.5. The smallest absolute Gasteiger partial charge is 0.344 e. The SMILES string of the molecule is CC(C)=NO.COC(=O)C(C)(C)N.COC(=O)C(C)(C)NP(=O)(C/C(C)=C/Cc1c(O)c2c(c(C)c1OC)COC2=O)ON=C(C)C.COc1c(C)c2c(c(OCC[Si](C)(C)C)c1C/C=C(\C)CP(=O)(O)O)C(=O)OC2. The molecule has 0 radical (unpaired) electrons. The van der Waals surface area contributed by atoms with Gasteiger partial charge in [-0.3, -0.25) is 18.7 Å². The number of allylic oxidation sites excluding steroid dienone is 4. The molecule has 7 N–H and O–H groups in total. The quantitative estimate of drug-likeness (QED) is 0.0105. The van der Waals surface area contributed by atoms with E-state index in [0.717, 1.165) is 17.2 Å². The van der Waals surface area contributed by atoms with Gasteiger partial charge in [-0.15, -0.1) is 0 Å². The zero-order valence-electron chi connectivity index (χ0n) is 47.7. The van der Waals surface area contributed by atoms with E-state index < -0.39 is 58.1 Å². The molecule has 2 aromatic rings. The third-order valence-corrected chi connectivity index (χ3v) is 15.8. The summed E-state index contributed by atoms with van der Waals surface area (Å²) in [5.74, 6) is -0.656. The van der Waals surface area contributed by atoms with Crippen molar-refractivity contribution in [2.24, 2.45) is 16.0 Å². The maximum Gasteiger partial charge on any atom is 0.344 e. The molecule has 0 spiro atoms. The fraction of sp³-hybridized carbons (Fsp3) is 0.569. The number of hydrogen-bond acceptors (Lipinski definition) is 19. The highest BCUT2D eigenvalue weighted by Crippen LogP contribution is 2.48. The fourth-order valence-electron chi connectivity index (χ4n) is 7.22. The minimum Gasteiger partial charge on any atom is -0.507 e. The average molecular weight is 1130 g/mol. The standard InChI is InChI=1S/C23H33N2O8P.C20H31O7PSi.C5H11NO2.C3H7NO/c1-13(2)24-33-34(29,25-23(5,6)22(28)31-8)12-14(3)9-10-16-19(26)18-17(11-32-21(18)27)15(4)20(16)30-7;1-13(12-28(22,23)24)7-8-15-18(25-3)14(2)16-11-27-20(21)17(16)19(15)26-9-10-29(4,5)6;1-5(2,6)4(7)8-3;1-3(2)4-5/h9,26H,10-12H2,1-8H3,(H,25,29);7H,8-12H2,1-6H3,(H2,22,23,24);6H2,1-3H3;5H,1-2H3/b14-9+;13-7+;;. The Morgan fingerprint density at radius 3 is 1.61 bits per heavy atom. The van der Waals surface area contributed by atoms with Gasteiger partial charge in [0.25, 0.3) is 0 Å². The van der Waals surface area contributed by atoms with E-state index in [1.165, 1.54) is 35.2 Å². The van der Waals surface area contributed by atoms with Crippen LogP contribution in [0, 0.1) is 13.8 Å². The Hall–Kier alpha value is -5.54. The number of oxime groups is 2. The molecule has 0 amide bonds. The van der Waals surface area contributed by atoms with Crippen LogP contribution in [-0.4, -0.2) is 122 Å². The maximum atomic E-state index is 13.6. The van der Waals surface area contributed by atoms with Crippen LogP contribution < -0.4 is 25.0 Å². The lowest BCUT2D eigenvalue weighted by Crippen LogP contribution is -2.46. The monoisotopic (exact) mass is 1130 g/mol. The zero-order valence-corrected chi connectivity index (χ0v) is 50.5. The molecular weight excluding hydrogens is 1050 g/mol. The lowest BCUT2D eigenvalue weighted by molar-refractivity contribution is -0.146. The number of aromatic hydroxyl groups is 1. The third-order valence-electron chi connectivity index (χ3n) is 11.0. The Morgan fingerprint density at radius 1 is 0.750 bits per heavy atom. The number of esters is 4. The van der Waals surface area contributed by atoms with E-state index in [9.17, 15) is 43.2 Å². The summed E-state index contributed by atoms with van der Waals surface area (Å²) in [5.41, 5.74) is 10.2. The number of carbonyl (C=O) groups excluding carboxylic acids is 4. The van der Waals surface area contributed by atoms with Crippen molar-refractivity contribution in [1.82, 2.24) is 5.09 Å². The van der Waals surface area contributed by atoms with E-state index in [-0.39, 0.29) is 43.3 Å². The number of nitrogens with two attached hydrogens (primary N) is 1. The van der Waals surface area contributed by atoms with Crippen LogP contribution in [0.5, 0.6) is 23.0 Å². The number of benzene rings is 2. The first-order valence-electron chi connectivity index (χ1n) is 24.0. The maximum absolute atomic E-state index is 13.6. The summed E-state index contributed by atoms with van der Waals surface area (Å²) in [4.78, 5) is 65.5. The van der Waals surface area contributed by atoms with E-state index in [1.807, 2.05) is 6.92 Å². The molecule has 0 fully saturated rings. The number of hydrogen-bond donors (Lipinski definition) is 6. The number of ether oxygens (including phenoxy) is 7. The molecule has 0 saturated carbocycles. The third kappa shape index (κ3) is 21.1. The Kier molecular flexibility index (Phi) is 26.4. The molecule has 4 rings (SSSR count). The van der Waals surface area contributed by atoms with Gasteiger partial charge in [-0.2, -0.15) is 0 Å². The van der Waals surface area contributed by atoms with Crippen molar-refractivity contribution in [3.05, 3.63) is 67.8 Å². The number of nitrogens with one attached hydrogen (secondary N) is 1. The molecule has 1 unspecified atom stereocenters. The van der Waals surface area contributed by atoms with Crippen molar-refractivity contribution >= 4 is 58.5 Å². The van der Waals surface area contributed by atoms with Gasteiger partial charge in [0.05, 0.1) is 58.8 Å². The molecule has 2 aliphatic rings. The second-order valence-corrected chi connectivity index (χ2v) is 30.1. The Labute approximate surface area is 448 Å². The summed E-state index contributed by atoms with van der Waals surface area (Å²) < 4.78 is 66.9. The van der Waals surface area contributed by atoms with Crippen LogP contribution in [0.15, 0.2) is 33.6 Å². The summed E-state index contributed by atoms with van der Waals surface area (Å²) in [7, 11) is -3.55. The number of cyclic esters (lactones) is 2. The number of carbonyl (C=O) groups is 4. The van der Waals surface area contributed by atoms with Gasteiger partial charge in [-0.05, 0) is 113 Å². The Bertz CT molecular complexity index is 2640. The molecular formula is C51H82N4O18P2Si. The summed E-state index contributed by atoms with van der Waals surface area (Å²) in [5, 5.41) is 27.9. The van der Waals surface area contributed by atoms with Crippen LogP contribution in [0.1, 0.15) is 123 Å². The van der Waals surface area contributed by atoms with Gasteiger partial charge in [0.2, 0.25) is 0 Å². The van der Waals surface area contributed by atoms with E-state index in [1.54, 1.807) is 81.6 Å². The highest BCUT2D eigenvalue weighted by atomic mass is 31.2. The molecule has 0 saturated heterocycles. The van der Waals surface area contributed by atoms with Crippen LogP contribution >= 0.6 is 15.1 Å². The van der Waals surface area contributed by atoms with Crippen molar-refractivity contribution in [2.45, 2.75) is 146 Å². The van der Waals surface area contributed by atoms with Gasteiger partial charge in [-0.25, -0.2) is 14.7 Å². The normalized spacial score (nSPS) is 14.0. The molecule has 25 heteroatoms. The summed E-state index contributed by atoms with van der Waals surface area (Å²) >= 11 is 0. The minimum atomic E-state index is -4.14. The molecule has 2 aliphatic heterocycles. The van der Waals surface area contributed by atoms with E-state index >= 15 is 0 Å². The molecule has 2 aromatic carbocycles. The number of rotatable bonds is 20. The van der Waals surface area contributed by atoms with Crippen molar-refractivity contribution in [3.63, 3.8) is 0 Å². The number of nitrogens with zero attached hydrogens (tertiary/aromatic N) is 2. The summed E-state index contributed by atoms with van der Waals surface area (Å²) in [6.45, 7) is 27.7. The highest BCUT2D eigenvalue weighted by Gasteiger charge is 2.39. The van der Waals surface area contributed by atoms with Gasteiger partial charge in [0, 0.05) is 30.3 Å². The molecule has 76 heavy (non-hydrogen) atoms. The van der Waals surface area contributed by atoms with Crippen LogP contribution in [0.4, 0.5) is 0 Å². The lowest BCUT2D eigenvalue weighted by Gasteiger charge is -2.28. The van der Waals surface area contributed by atoms with Crippen LogP contribution in [0.25, 0.3) is 0 Å². The van der Waals surface area contributed by atoms with Crippen LogP contribution in [0.3, 0.4) is 0 Å². The van der Waals surface area contributed by atoms with E-state index in [2.05, 4.69) is 39.8 Å². The van der Waals surface area contributed by atoms with Gasteiger partial charge in [0.15, 0.2) is 0 Å². The second kappa shape index (κ2) is 29.3. The summed E-state index contributed by atoms with van der Waals surface area (Å²) in [6.07, 6.45) is 3.63. The largest absolute Gasteiger partial charge is 0.507 e. The van der Waals surface area contributed by atoms with Crippen molar-refractivity contribution in [1.29, 1.82) is 0 Å². The lowest BCUT2D eigenvalue weighted by atomic mass is 9.95. The highest BCUT2D eigenvalue weighted by molar-refractivity contribution is 7.57. The molecule has 0 bridgehead atoms. The fourth-order valence-corrected chi connectivity index (χ4v) is 10.9. The molecule has 0 aromatic heterocycles. The zero-order chi connectivity index (χ0) is 58.9. The van der Waals surface area contributed by atoms with Gasteiger partial charge in [0.1, 0.15) is 58.4 Å². The predicted molar refractivity (Wildman–Crippen MR) is 293 cm³/mol. The molecule has 2 heterocycles. The number of methoxy groups -OCH3 is 4. The topological polar surface area (TPSA) is 320 Å². The van der Waals surface area contributed by atoms with Crippen LogP contribution in [-0.2, 0) is 68.3 Å². The van der Waals surface area contributed by atoms with Gasteiger partial charge in [-0.1, -0.05) is 53.3 Å². The first-order valence-corrected chi connectivity index (χ1v) is 31.3. The average Bonchev–Trinajstić information content (AvgIpc) is 3.90. The molecule has 0 aliphatic carbocycles. The van der Waals surface area contributed by atoms with Crippen LogP contribution in [0.2, 0.25) is 25.7 Å². The van der Waals surface area contributed by atoms with Crippen molar-refractivity contribution in [3.8, 4) is 23.0 Å². The van der Waals surface area contributed by atoms with Gasteiger partial charge >= 0.3 is 39.0 Å². The Balaban J connectivity index is 0.000000620. The second-order valence-electron chi connectivity index (χ2n) is 20.7. The number of fused-ring (bicyclic) bond motifs is 2. The van der Waals surface area contributed by atoms with E-state index in [0.29, 0.717) is 80.7 Å². The predicted octanol–water partition coefficient (Wildman–Crippen LogP) is 8.83. The number of phenolic OH excluding ortho intramolecular Hbond substituents is 1. The van der Waals surface area contributed by atoms with Gasteiger partial charge < -0.3 is 63.6 Å². The summed E-state index contributed by atoms with van der Waals surface area (Å²) in [6, 6.07) is 0.930. The van der Waals surface area contributed by atoms with Crippen molar-refractivity contribution < 1.29 is 86.2 Å². The van der Waals surface area contributed by atoms with Crippen molar-refractivity contribution in [2.75, 3.05) is 47.4 Å². The molecule has 428 valence electrons. The number of phenols is 1. The first-order chi connectivity index (χ1) is 34.8. The Morgan fingerprint density at radius 2 is 1.20 bits per heavy atom. The minimum absolute atomic E-state index is 0.0702. The molecule has 22 nitrogen and oxygen atoms in total.